The summed E-state index contributed by atoms with van der Waals surface area (Å²) >= 11 is 1.43. The summed E-state index contributed by atoms with van der Waals surface area (Å²) in [7, 11) is 0. The summed E-state index contributed by atoms with van der Waals surface area (Å²) in [5, 5.41) is 18.5. The van der Waals surface area contributed by atoms with E-state index in [0.29, 0.717) is 24.4 Å². The first-order chi connectivity index (χ1) is 15.1. The molecule has 1 heterocycles. The fourth-order valence-corrected chi connectivity index (χ4v) is 4.29. The Kier molecular flexibility index (Phi) is 7.85. The summed E-state index contributed by atoms with van der Waals surface area (Å²) in [6.45, 7) is 8.14. The van der Waals surface area contributed by atoms with E-state index in [2.05, 4.69) is 47.7 Å². The maximum absolute atomic E-state index is 13.0. The monoisotopic (exact) mass is 433 g/mol. The lowest BCUT2D eigenvalue weighted by atomic mass is 10.1. The van der Waals surface area contributed by atoms with E-state index in [1.807, 2.05) is 35.2 Å². The number of hydrogen-bond acceptors (Lipinski definition) is 5. The summed E-state index contributed by atoms with van der Waals surface area (Å²) in [5.74, 6) is 1.21. The molecule has 0 bridgehead atoms. The zero-order chi connectivity index (χ0) is 22.2. The third-order valence-electron chi connectivity index (χ3n) is 5.05. The van der Waals surface area contributed by atoms with Gasteiger partial charge in [-0.1, -0.05) is 55.1 Å². The van der Waals surface area contributed by atoms with Gasteiger partial charge in [-0.3, -0.25) is 4.79 Å². The molecule has 0 aliphatic heterocycles. The quantitative estimate of drug-likeness (QED) is 0.458. The minimum absolute atomic E-state index is 0.0688. The first kappa shape index (κ1) is 22.6. The highest BCUT2D eigenvalue weighted by molar-refractivity contribution is 7.99. The van der Waals surface area contributed by atoms with Gasteiger partial charge in [-0.15, -0.1) is 10.2 Å². The normalized spacial score (nSPS) is 10.6. The standard InChI is InChI=1S/C24H27N5OS/c1-4-14-28(16-20-12-10-19(15-25)11-13-20)22(30)17-31-24-27-26-23(29(24)5-2)21-9-7-6-8-18(21)3/h6-13H,4-5,14,16-17H2,1-3H3. The molecular weight excluding hydrogens is 406 g/mol. The van der Waals surface area contributed by atoms with Crippen molar-refractivity contribution in [3.63, 3.8) is 0 Å². The number of aromatic nitrogens is 3. The second-order valence-electron chi connectivity index (χ2n) is 7.28. The van der Waals surface area contributed by atoms with Crippen molar-refractivity contribution in [2.75, 3.05) is 12.3 Å². The summed E-state index contributed by atoms with van der Waals surface area (Å²) in [4.78, 5) is 14.8. The Morgan fingerprint density at radius 2 is 1.87 bits per heavy atom. The van der Waals surface area contributed by atoms with Gasteiger partial charge in [0, 0.05) is 25.2 Å². The van der Waals surface area contributed by atoms with Crippen molar-refractivity contribution in [1.29, 1.82) is 5.26 Å². The van der Waals surface area contributed by atoms with E-state index in [9.17, 15) is 4.79 Å². The van der Waals surface area contributed by atoms with Gasteiger partial charge in [-0.2, -0.15) is 5.26 Å². The molecule has 0 saturated heterocycles. The Balaban J connectivity index is 1.70. The molecule has 2 aromatic carbocycles. The molecule has 7 heteroatoms. The van der Waals surface area contributed by atoms with Crippen LogP contribution in [0.3, 0.4) is 0 Å². The number of carbonyl (C=O) groups is 1. The average Bonchev–Trinajstić information content (AvgIpc) is 3.20. The molecule has 0 unspecified atom stereocenters. The van der Waals surface area contributed by atoms with E-state index >= 15 is 0 Å². The van der Waals surface area contributed by atoms with Crippen molar-refractivity contribution in [2.24, 2.45) is 0 Å². The van der Waals surface area contributed by atoms with Crippen LogP contribution in [0.1, 0.15) is 37.0 Å². The smallest absolute Gasteiger partial charge is 0.233 e. The van der Waals surface area contributed by atoms with Gasteiger partial charge < -0.3 is 9.47 Å². The van der Waals surface area contributed by atoms with Gasteiger partial charge in [0.1, 0.15) is 0 Å². The molecule has 31 heavy (non-hydrogen) atoms. The van der Waals surface area contributed by atoms with Crippen LogP contribution >= 0.6 is 11.8 Å². The van der Waals surface area contributed by atoms with Crippen LogP contribution in [0, 0.1) is 18.3 Å². The number of amides is 1. The van der Waals surface area contributed by atoms with Gasteiger partial charge in [0.15, 0.2) is 11.0 Å². The first-order valence-corrected chi connectivity index (χ1v) is 11.4. The number of aryl methyl sites for hydroxylation is 1. The second kappa shape index (κ2) is 10.8. The van der Waals surface area contributed by atoms with Gasteiger partial charge in [0.2, 0.25) is 5.91 Å². The molecule has 3 rings (SSSR count). The predicted octanol–water partition coefficient (Wildman–Crippen LogP) is 4.68. The van der Waals surface area contributed by atoms with Crippen molar-refractivity contribution in [3.8, 4) is 17.5 Å². The summed E-state index contributed by atoms with van der Waals surface area (Å²) in [6, 6.07) is 17.6. The van der Waals surface area contributed by atoms with Crippen LogP contribution in [-0.4, -0.2) is 37.9 Å². The maximum Gasteiger partial charge on any atom is 0.233 e. The number of carbonyl (C=O) groups excluding carboxylic acids is 1. The molecule has 160 valence electrons. The van der Waals surface area contributed by atoms with Crippen LogP contribution in [0.4, 0.5) is 0 Å². The van der Waals surface area contributed by atoms with Crippen LogP contribution in [-0.2, 0) is 17.9 Å². The van der Waals surface area contributed by atoms with Crippen molar-refractivity contribution >= 4 is 17.7 Å². The number of hydrogen-bond donors (Lipinski definition) is 0. The molecular formula is C24H27N5OS. The Hall–Kier alpha value is -3.11. The molecule has 1 aromatic heterocycles. The SMILES string of the molecule is CCCN(Cc1ccc(C#N)cc1)C(=O)CSc1nnc(-c2ccccc2C)n1CC. The van der Waals surface area contributed by atoms with Gasteiger partial charge >= 0.3 is 0 Å². The predicted molar refractivity (Wildman–Crippen MR) is 123 cm³/mol. The van der Waals surface area contributed by atoms with Crippen molar-refractivity contribution in [3.05, 3.63) is 65.2 Å². The summed E-state index contributed by atoms with van der Waals surface area (Å²) in [6.07, 6.45) is 0.884. The highest BCUT2D eigenvalue weighted by Gasteiger charge is 2.18. The molecule has 1 amide bonds. The summed E-state index contributed by atoms with van der Waals surface area (Å²) < 4.78 is 2.06. The molecule has 0 spiro atoms. The number of thioether (sulfide) groups is 1. The lowest BCUT2D eigenvalue weighted by molar-refractivity contribution is -0.129. The number of nitriles is 1. The van der Waals surface area contributed by atoms with Crippen molar-refractivity contribution in [2.45, 2.75) is 45.4 Å². The third-order valence-corrected chi connectivity index (χ3v) is 6.00. The Labute approximate surface area is 187 Å². The molecule has 0 atom stereocenters. The lowest BCUT2D eigenvalue weighted by Crippen LogP contribution is -2.32. The number of nitrogens with zero attached hydrogens (tertiary/aromatic N) is 5. The van der Waals surface area contributed by atoms with Gasteiger partial charge in [0.05, 0.1) is 17.4 Å². The number of rotatable bonds is 9. The van der Waals surface area contributed by atoms with Crippen molar-refractivity contribution < 1.29 is 4.79 Å². The average molecular weight is 434 g/mol. The van der Waals surface area contributed by atoms with Gasteiger partial charge in [-0.25, -0.2) is 0 Å². The van der Waals surface area contributed by atoms with Crippen LogP contribution < -0.4 is 0 Å². The molecule has 0 saturated carbocycles. The topological polar surface area (TPSA) is 74.8 Å². The minimum atomic E-state index is 0.0688. The summed E-state index contributed by atoms with van der Waals surface area (Å²) in [5.41, 5.74) is 3.85. The van der Waals surface area contributed by atoms with E-state index in [1.54, 1.807) is 12.1 Å². The third kappa shape index (κ3) is 5.53. The fourth-order valence-electron chi connectivity index (χ4n) is 3.39. The van der Waals surface area contributed by atoms with Crippen LogP contribution in [0.2, 0.25) is 0 Å². The maximum atomic E-state index is 13.0. The molecule has 0 aliphatic carbocycles. The second-order valence-corrected chi connectivity index (χ2v) is 8.22. The number of benzene rings is 2. The van der Waals surface area contributed by atoms with E-state index in [1.165, 1.54) is 11.8 Å². The molecule has 3 aromatic rings. The molecule has 6 nitrogen and oxygen atoms in total. The minimum Gasteiger partial charge on any atom is -0.338 e. The van der Waals surface area contributed by atoms with Gasteiger partial charge in [-0.05, 0) is 43.5 Å². The van der Waals surface area contributed by atoms with Crippen LogP contribution in [0.15, 0.2) is 53.7 Å². The molecule has 0 radical (unpaired) electrons. The van der Waals surface area contributed by atoms with E-state index in [4.69, 9.17) is 5.26 Å². The van der Waals surface area contributed by atoms with E-state index < -0.39 is 0 Å². The zero-order valence-electron chi connectivity index (χ0n) is 18.2. The molecule has 0 N–H and O–H groups in total. The first-order valence-electron chi connectivity index (χ1n) is 10.5. The zero-order valence-corrected chi connectivity index (χ0v) is 19.0. The Morgan fingerprint density at radius 3 is 2.52 bits per heavy atom. The van der Waals surface area contributed by atoms with E-state index in [0.717, 1.165) is 40.6 Å². The highest BCUT2D eigenvalue weighted by Crippen LogP contribution is 2.26. The largest absolute Gasteiger partial charge is 0.338 e. The van der Waals surface area contributed by atoms with E-state index in [-0.39, 0.29) is 5.91 Å². The lowest BCUT2D eigenvalue weighted by Gasteiger charge is -2.22. The molecule has 0 fully saturated rings. The fraction of sp³-hybridized carbons (Fsp3) is 0.333. The van der Waals surface area contributed by atoms with Gasteiger partial charge in [0.25, 0.3) is 0 Å². The Morgan fingerprint density at radius 1 is 1.13 bits per heavy atom. The van der Waals surface area contributed by atoms with Crippen LogP contribution in [0.25, 0.3) is 11.4 Å². The Bertz CT molecular complexity index is 1070. The van der Waals surface area contributed by atoms with Crippen molar-refractivity contribution in [1.82, 2.24) is 19.7 Å². The molecule has 0 aliphatic rings. The van der Waals surface area contributed by atoms with Crippen LogP contribution in [0.5, 0.6) is 0 Å². The highest BCUT2D eigenvalue weighted by atomic mass is 32.2.